The van der Waals surface area contributed by atoms with Crippen LogP contribution in [0.4, 0.5) is 0 Å². The normalized spacial score (nSPS) is 10.7. The van der Waals surface area contributed by atoms with Gasteiger partial charge in [-0.1, -0.05) is 23.7 Å². The summed E-state index contributed by atoms with van der Waals surface area (Å²) in [6, 6.07) is 13.1. The molecule has 0 atom stereocenters. The molecule has 0 bridgehead atoms. The Bertz CT molecular complexity index is 978. The van der Waals surface area contributed by atoms with E-state index in [1.54, 1.807) is 29.8 Å². The summed E-state index contributed by atoms with van der Waals surface area (Å²) in [4.78, 5) is 11.8. The second-order valence-corrected chi connectivity index (χ2v) is 5.83. The van der Waals surface area contributed by atoms with Gasteiger partial charge in [-0.3, -0.25) is 4.79 Å². The molecule has 0 fully saturated rings. The van der Waals surface area contributed by atoms with Gasteiger partial charge in [-0.15, -0.1) is 0 Å². The molecule has 0 aliphatic rings. The zero-order valence-electron chi connectivity index (χ0n) is 12.7. The second kappa shape index (κ2) is 5.45. The second-order valence-electron chi connectivity index (χ2n) is 5.40. The van der Waals surface area contributed by atoms with Crippen molar-refractivity contribution in [2.45, 2.75) is 6.92 Å². The van der Waals surface area contributed by atoms with E-state index in [-0.39, 0.29) is 0 Å². The van der Waals surface area contributed by atoms with Crippen LogP contribution in [0.1, 0.15) is 21.6 Å². The molecule has 0 saturated heterocycles. The molecule has 0 saturated carbocycles. The number of benzene rings is 2. The summed E-state index contributed by atoms with van der Waals surface area (Å²) in [5.74, 6) is -0.484. The Hall–Kier alpha value is -2.77. The number of carbonyl (C=O) groups is 1. The van der Waals surface area contributed by atoms with E-state index in [1.807, 2.05) is 25.1 Å². The number of halogens is 1. The number of nitrogens with zero attached hydrogens (tertiary/aromatic N) is 2. The van der Waals surface area contributed by atoms with Crippen LogP contribution in [-0.4, -0.2) is 10.5 Å². The lowest BCUT2D eigenvalue weighted by molar-refractivity contribution is 0.0992. The number of nitrogens with two attached hydrogens (primary N) is 1. The zero-order chi connectivity index (χ0) is 16.7. The summed E-state index contributed by atoms with van der Waals surface area (Å²) in [7, 11) is 1.80. The van der Waals surface area contributed by atoms with E-state index in [1.165, 1.54) is 0 Å². The third-order valence-electron chi connectivity index (χ3n) is 4.10. The smallest absolute Gasteiger partial charge is 0.265 e. The van der Waals surface area contributed by atoms with E-state index in [4.69, 9.17) is 17.3 Å². The highest BCUT2D eigenvalue weighted by molar-refractivity contribution is 6.30. The van der Waals surface area contributed by atoms with E-state index in [2.05, 4.69) is 6.07 Å². The number of amides is 1. The number of rotatable bonds is 2. The van der Waals surface area contributed by atoms with Crippen molar-refractivity contribution >= 4 is 28.4 Å². The van der Waals surface area contributed by atoms with Gasteiger partial charge in [-0.2, -0.15) is 5.26 Å². The fraction of sp³-hybridized carbons (Fsp3) is 0.111. The summed E-state index contributed by atoms with van der Waals surface area (Å²) in [5.41, 5.74) is 9.82. The molecule has 0 radical (unpaired) electrons. The number of nitriles is 1. The molecule has 2 aromatic carbocycles. The predicted octanol–water partition coefficient (Wildman–Crippen LogP) is 3.78. The average Bonchev–Trinajstić information content (AvgIpc) is 2.78. The van der Waals surface area contributed by atoms with Crippen LogP contribution in [0, 0.1) is 18.3 Å². The SMILES string of the molecule is Cc1c(C(N)=O)n(C)c2ccc(C#N)c(-c3ccc(Cl)cc3)c12. The summed E-state index contributed by atoms with van der Waals surface area (Å²) >= 11 is 5.96. The van der Waals surface area contributed by atoms with Crippen LogP contribution in [-0.2, 0) is 7.05 Å². The first-order valence-electron chi connectivity index (χ1n) is 7.03. The largest absolute Gasteiger partial charge is 0.364 e. The molecule has 0 spiro atoms. The molecule has 1 amide bonds. The molecule has 3 rings (SSSR count). The highest BCUT2D eigenvalue weighted by atomic mass is 35.5. The molecule has 23 heavy (non-hydrogen) atoms. The first-order valence-corrected chi connectivity index (χ1v) is 7.41. The Kier molecular flexibility index (Phi) is 3.59. The van der Waals surface area contributed by atoms with Crippen LogP contribution in [0.15, 0.2) is 36.4 Å². The molecule has 0 aliphatic carbocycles. The van der Waals surface area contributed by atoms with Crippen LogP contribution in [0.25, 0.3) is 22.0 Å². The van der Waals surface area contributed by atoms with E-state index in [9.17, 15) is 10.1 Å². The Labute approximate surface area is 138 Å². The van der Waals surface area contributed by atoms with Crippen LogP contribution in [0.2, 0.25) is 5.02 Å². The van der Waals surface area contributed by atoms with Gasteiger partial charge >= 0.3 is 0 Å². The lowest BCUT2D eigenvalue weighted by Crippen LogP contribution is -2.16. The maximum absolute atomic E-state index is 11.8. The molecule has 1 heterocycles. The van der Waals surface area contributed by atoms with Crippen molar-refractivity contribution in [1.82, 2.24) is 4.57 Å². The first kappa shape index (κ1) is 15.1. The molecule has 2 N–H and O–H groups in total. The van der Waals surface area contributed by atoms with Crippen molar-refractivity contribution in [1.29, 1.82) is 5.26 Å². The van der Waals surface area contributed by atoms with Crippen molar-refractivity contribution in [2.75, 3.05) is 0 Å². The number of primary amides is 1. The van der Waals surface area contributed by atoms with Crippen molar-refractivity contribution < 1.29 is 4.79 Å². The maximum Gasteiger partial charge on any atom is 0.265 e. The maximum atomic E-state index is 11.8. The van der Waals surface area contributed by atoms with E-state index in [0.717, 1.165) is 27.6 Å². The Morgan fingerprint density at radius 2 is 1.87 bits per heavy atom. The van der Waals surface area contributed by atoms with Crippen LogP contribution in [0.3, 0.4) is 0 Å². The lowest BCUT2D eigenvalue weighted by atomic mass is 9.94. The van der Waals surface area contributed by atoms with Gasteiger partial charge in [0.15, 0.2) is 0 Å². The lowest BCUT2D eigenvalue weighted by Gasteiger charge is -2.08. The third-order valence-corrected chi connectivity index (χ3v) is 4.35. The van der Waals surface area contributed by atoms with Gasteiger partial charge < -0.3 is 10.3 Å². The van der Waals surface area contributed by atoms with Gasteiger partial charge in [0.1, 0.15) is 5.69 Å². The standard InChI is InChI=1S/C18H14ClN3O/c1-10-15-14(22(2)17(10)18(21)23)8-5-12(9-20)16(15)11-3-6-13(19)7-4-11/h3-8H,1-2H3,(H2,21,23). The summed E-state index contributed by atoms with van der Waals surface area (Å²) in [6.07, 6.45) is 0. The Balaban J connectivity index is 2.48. The minimum Gasteiger partial charge on any atom is -0.364 e. The molecule has 4 nitrogen and oxygen atoms in total. The molecule has 5 heteroatoms. The van der Waals surface area contributed by atoms with Gasteiger partial charge in [0, 0.05) is 28.5 Å². The highest BCUT2D eigenvalue weighted by Crippen LogP contribution is 2.37. The van der Waals surface area contributed by atoms with Crippen molar-refractivity contribution in [3.63, 3.8) is 0 Å². The molecule has 3 aromatic rings. The summed E-state index contributed by atoms with van der Waals surface area (Å²) < 4.78 is 1.77. The number of fused-ring (bicyclic) bond motifs is 1. The van der Waals surface area contributed by atoms with E-state index < -0.39 is 5.91 Å². The molecule has 114 valence electrons. The Morgan fingerprint density at radius 3 is 2.43 bits per heavy atom. The highest BCUT2D eigenvalue weighted by Gasteiger charge is 2.21. The van der Waals surface area contributed by atoms with Crippen molar-refractivity contribution in [2.24, 2.45) is 12.8 Å². The van der Waals surface area contributed by atoms with Gasteiger partial charge in [-0.05, 0) is 42.3 Å². The van der Waals surface area contributed by atoms with Crippen LogP contribution in [0.5, 0.6) is 0 Å². The summed E-state index contributed by atoms with van der Waals surface area (Å²) in [5, 5.41) is 11.0. The minimum atomic E-state index is -0.484. The molecule has 0 unspecified atom stereocenters. The minimum absolute atomic E-state index is 0.449. The quantitative estimate of drug-likeness (QED) is 0.779. The number of hydrogen-bond acceptors (Lipinski definition) is 2. The fourth-order valence-corrected chi connectivity index (χ4v) is 3.23. The number of aryl methyl sites for hydroxylation is 2. The van der Waals surface area contributed by atoms with E-state index in [0.29, 0.717) is 16.3 Å². The summed E-state index contributed by atoms with van der Waals surface area (Å²) in [6.45, 7) is 1.85. The van der Waals surface area contributed by atoms with Crippen molar-refractivity contribution in [3.05, 3.63) is 58.2 Å². The third kappa shape index (κ3) is 2.26. The van der Waals surface area contributed by atoms with Gasteiger partial charge in [-0.25, -0.2) is 0 Å². The van der Waals surface area contributed by atoms with Crippen LogP contribution < -0.4 is 5.73 Å². The molecule has 0 aliphatic heterocycles. The van der Waals surface area contributed by atoms with Crippen molar-refractivity contribution in [3.8, 4) is 17.2 Å². The number of hydrogen-bond donors (Lipinski definition) is 1. The molecule has 1 aromatic heterocycles. The monoisotopic (exact) mass is 323 g/mol. The first-order chi connectivity index (χ1) is 11.0. The van der Waals surface area contributed by atoms with Crippen LogP contribution >= 0.6 is 11.6 Å². The van der Waals surface area contributed by atoms with Gasteiger partial charge in [0.2, 0.25) is 0 Å². The molecular formula is C18H14ClN3O. The fourth-order valence-electron chi connectivity index (χ4n) is 3.10. The number of carbonyl (C=O) groups excluding carboxylic acids is 1. The number of aromatic nitrogens is 1. The predicted molar refractivity (Wildman–Crippen MR) is 91.3 cm³/mol. The average molecular weight is 324 g/mol. The zero-order valence-corrected chi connectivity index (χ0v) is 13.5. The molecular weight excluding hydrogens is 310 g/mol. The topological polar surface area (TPSA) is 71.8 Å². The van der Waals surface area contributed by atoms with Gasteiger partial charge in [0.25, 0.3) is 5.91 Å². The van der Waals surface area contributed by atoms with Gasteiger partial charge in [0.05, 0.1) is 11.6 Å². The van der Waals surface area contributed by atoms with E-state index >= 15 is 0 Å². The Morgan fingerprint density at radius 1 is 1.22 bits per heavy atom.